The molecule has 114 valence electrons. The molecule has 2 nitrogen and oxygen atoms in total. The number of ether oxygens (including phenoxy) is 1. The van der Waals surface area contributed by atoms with E-state index in [4.69, 9.17) is 4.74 Å². The quantitative estimate of drug-likeness (QED) is 0.628. The van der Waals surface area contributed by atoms with Crippen LogP contribution in [0.3, 0.4) is 0 Å². The minimum atomic E-state index is -0.512. The summed E-state index contributed by atoms with van der Waals surface area (Å²) < 4.78 is 19.4. The van der Waals surface area contributed by atoms with Gasteiger partial charge in [0.15, 0.2) is 6.29 Å². The van der Waals surface area contributed by atoms with Crippen molar-refractivity contribution in [3.8, 4) is 16.9 Å². The highest BCUT2D eigenvalue weighted by atomic mass is 19.1. The van der Waals surface area contributed by atoms with Crippen LogP contribution in [0, 0.1) is 5.82 Å². The predicted octanol–water partition coefficient (Wildman–Crippen LogP) is 4.88. The SMILES string of the molecule is O=Cc1c(F)cccc1-c1ccc(OCc2ccccc2)cc1. The molecule has 0 bridgehead atoms. The van der Waals surface area contributed by atoms with Gasteiger partial charge >= 0.3 is 0 Å². The fourth-order valence-electron chi connectivity index (χ4n) is 2.38. The van der Waals surface area contributed by atoms with Crippen molar-refractivity contribution in [2.45, 2.75) is 6.61 Å². The highest BCUT2D eigenvalue weighted by Gasteiger charge is 2.09. The van der Waals surface area contributed by atoms with Crippen molar-refractivity contribution in [2.75, 3.05) is 0 Å². The molecule has 0 fully saturated rings. The minimum absolute atomic E-state index is 0.0745. The second kappa shape index (κ2) is 6.88. The molecule has 0 aliphatic rings. The lowest BCUT2D eigenvalue weighted by Gasteiger charge is -2.09. The molecule has 3 aromatic carbocycles. The Kier molecular flexibility index (Phi) is 4.48. The average molecular weight is 306 g/mol. The Morgan fingerprint density at radius 3 is 2.30 bits per heavy atom. The lowest BCUT2D eigenvalue weighted by molar-refractivity contribution is 0.112. The molecule has 0 amide bonds. The van der Waals surface area contributed by atoms with E-state index in [-0.39, 0.29) is 5.56 Å². The fourth-order valence-corrected chi connectivity index (χ4v) is 2.38. The van der Waals surface area contributed by atoms with Gasteiger partial charge in [-0.05, 0) is 34.9 Å². The molecule has 0 atom stereocenters. The Morgan fingerprint density at radius 1 is 0.870 bits per heavy atom. The standard InChI is InChI=1S/C20H15FO2/c21-20-8-4-7-18(19(20)13-22)16-9-11-17(12-10-16)23-14-15-5-2-1-3-6-15/h1-13H,14H2. The van der Waals surface area contributed by atoms with Gasteiger partial charge in [0.05, 0.1) is 5.56 Å². The fraction of sp³-hybridized carbons (Fsp3) is 0.0500. The van der Waals surface area contributed by atoms with Crippen LogP contribution in [0.15, 0.2) is 72.8 Å². The van der Waals surface area contributed by atoms with Crippen molar-refractivity contribution in [1.29, 1.82) is 0 Å². The maximum absolute atomic E-state index is 13.7. The highest BCUT2D eigenvalue weighted by molar-refractivity contribution is 5.87. The van der Waals surface area contributed by atoms with Gasteiger partial charge < -0.3 is 4.74 Å². The van der Waals surface area contributed by atoms with E-state index in [9.17, 15) is 9.18 Å². The van der Waals surface area contributed by atoms with Crippen molar-refractivity contribution in [1.82, 2.24) is 0 Å². The Morgan fingerprint density at radius 2 is 1.61 bits per heavy atom. The van der Waals surface area contributed by atoms with Crippen LogP contribution in [0.5, 0.6) is 5.75 Å². The first-order valence-corrected chi connectivity index (χ1v) is 7.29. The Hall–Kier alpha value is -2.94. The first-order valence-electron chi connectivity index (χ1n) is 7.29. The zero-order valence-electron chi connectivity index (χ0n) is 12.4. The molecule has 0 aliphatic carbocycles. The van der Waals surface area contributed by atoms with Crippen LogP contribution >= 0.6 is 0 Å². The summed E-state index contributed by atoms with van der Waals surface area (Å²) in [4.78, 5) is 11.1. The summed E-state index contributed by atoms with van der Waals surface area (Å²) in [6, 6.07) is 21.8. The number of aldehydes is 1. The molecule has 0 unspecified atom stereocenters. The molecule has 0 aromatic heterocycles. The molecule has 0 spiro atoms. The summed E-state index contributed by atoms with van der Waals surface area (Å²) in [7, 11) is 0. The number of halogens is 1. The first-order chi connectivity index (χ1) is 11.3. The summed E-state index contributed by atoms with van der Waals surface area (Å²) >= 11 is 0. The number of carbonyl (C=O) groups is 1. The highest BCUT2D eigenvalue weighted by Crippen LogP contribution is 2.26. The van der Waals surface area contributed by atoms with E-state index < -0.39 is 5.82 Å². The van der Waals surface area contributed by atoms with Crippen molar-refractivity contribution < 1.29 is 13.9 Å². The molecule has 3 aromatic rings. The van der Waals surface area contributed by atoms with Crippen LogP contribution in [-0.2, 0) is 6.61 Å². The normalized spacial score (nSPS) is 10.3. The van der Waals surface area contributed by atoms with E-state index in [1.165, 1.54) is 6.07 Å². The number of benzene rings is 3. The minimum Gasteiger partial charge on any atom is -0.489 e. The van der Waals surface area contributed by atoms with Gasteiger partial charge in [0.25, 0.3) is 0 Å². The summed E-state index contributed by atoms with van der Waals surface area (Å²) in [5.74, 6) is 0.212. The molecule has 3 heteroatoms. The topological polar surface area (TPSA) is 26.3 Å². The third kappa shape index (κ3) is 3.46. The van der Waals surface area contributed by atoms with E-state index >= 15 is 0 Å². The van der Waals surface area contributed by atoms with E-state index in [0.717, 1.165) is 16.9 Å². The first kappa shape index (κ1) is 15.0. The third-order valence-corrected chi connectivity index (χ3v) is 3.58. The number of hydrogen-bond donors (Lipinski definition) is 0. The van der Waals surface area contributed by atoms with Crippen molar-refractivity contribution >= 4 is 6.29 Å². The Balaban J connectivity index is 1.77. The van der Waals surface area contributed by atoms with Crippen LogP contribution in [0.2, 0.25) is 0 Å². The number of carbonyl (C=O) groups excluding carboxylic acids is 1. The van der Waals surface area contributed by atoms with Gasteiger partial charge in [0, 0.05) is 0 Å². The predicted molar refractivity (Wildman–Crippen MR) is 88.0 cm³/mol. The van der Waals surface area contributed by atoms with Crippen LogP contribution in [0.25, 0.3) is 11.1 Å². The molecular formula is C20H15FO2. The van der Waals surface area contributed by atoms with Gasteiger partial charge in [-0.3, -0.25) is 4.79 Å². The zero-order chi connectivity index (χ0) is 16.1. The smallest absolute Gasteiger partial charge is 0.153 e. The van der Waals surface area contributed by atoms with Crippen molar-refractivity contribution in [3.05, 3.63) is 89.7 Å². The van der Waals surface area contributed by atoms with Gasteiger partial charge in [-0.1, -0.05) is 54.6 Å². The van der Waals surface area contributed by atoms with E-state index in [1.807, 2.05) is 54.6 Å². The molecule has 0 saturated carbocycles. The summed E-state index contributed by atoms with van der Waals surface area (Å²) in [6.45, 7) is 0.486. The van der Waals surface area contributed by atoms with E-state index in [2.05, 4.69) is 0 Å². The van der Waals surface area contributed by atoms with Gasteiger partial charge in [-0.25, -0.2) is 4.39 Å². The molecular weight excluding hydrogens is 291 g/mol. The van der Waals surface area contributed by atoms with Gasteiger partial charge in [0.1, 0.15) is 18.2 Å². The van der Waals surface area contributed by atoms with Gasteiger partial charge in [-0.15, -0.1) is 0 Å². The number of hydrogen-bond acceptors (Lipinski definition) is 2. The maximum Gasteiger partial charge on any atom is 0.153 e. The van der Waals surface area contributed by atoms with Gasteiger partial charge in [-0.2, -0.15) is 0 Å². The Bertz CT molecular complexity index is 796. The lowest BCUT2D eigenvalue weighted by atomic mass is 10.00. The maximum atomic E-state index is 13.7. The summed E-state index contributed by atoms with van der Waals surface area (Å²) in [5.41, 5.74) is 2.52. The second-order valence-electron chi connectivity index (χ2n) is 5.12. The van der Waals surface area contributed by atoms with E-state index in [0.29, 0.717) is 18.5 Å². The second-order valence-corrected chi connectivity index (χ2v) is 5.12. The van der Waals surface area contributed by atoms with E-state index in [1.54, 1.807) is 12.1 Å². The molecule has 23 heavy (non-hydrogen) atoms. The number of rotatable bonds is 5. The molecule has 0 saturated heterocycles. The van der Waals surface area contributed by atoms with Crippen LogP contribution in [0.4, 0.5) is 4.39 Å². The summed E-state index contributed by atoms with van der Waals surface area (Å²) in [5, 5.41) is 0. The lowest BCUT2D eigenvalue weighted by Crippen LogP contribution is -1.95. The molecule has 0 heterocycles. The zero-order valence-corrected chi connectivity index (χ0v) is 12.4. The largest absolute Gasteiger partial charge is 0.489 e. The average Bonchev–Trinajstić information content (AvgIpc) is 2.61. The van der Waals surface area contributed by atoms with Crippen LogP contribution < -0.4 is 4.74 Å². The Labute approximate surface area is 134 Å². The van der Waals surface area contributed by atoms with Crippen molar-refractivity contribution in [3.63, 3.8) is 0 Å². The molecule has 0 radical (unpaired) electrons. The molecule has 0 N–H and O–H groups in total. The molecule has 3 rings (SSSR count). The summed E-state index contributed by atoms with van der Waals surface area (Å²) in [6.07, 6.45) is 0.546. The van der Waals surface area contributed by atoms with Crippen LogP contribution in [-0.4, -0.2) is 6.29 Å². The van der Waals surface area contributed by atoms with Gasteiger partial charge in [0.2, 0.25) is 0 Å². The van der Waals surface area contributed by atoms with Crippen LogP contribution in [0.1, 0.15) is 15.9 Å². The molecule has 0 aliphatic heterocycles. The monoisotopic (exact) mass is 306 g/mol. The third-order valence-electron chi connectivity index (χ3n) is 3.58. The van der Waals surface area contributed by atoms with Crippen molar-refractivity contribution in [2.24, 2.45) is 0 Å².